The SMILES string of the molecule is COCCN(CC(=O)Nc1nc(C)cs1)S(=O)(=O)c1cccc2cccnc12. The van der Waals surface area contributed by atoms with Crippen LogP contribution in [-0.4, -0.2) is 55.4 Å². The number of nitrogens with zero attached hydrogens (tertiary/aromatic N) is 3. The molecule has 1 aromatic carbocycles. The van der Waals surface area contributed by atoms with Crippen LogP contribution in [0.4, 0.5) is 5.13 Å². The molecule has 10 heteroatoms. The van der Waals surface area contributed by atoms with Gasteiger partial charge in [-0.05, 0) is 19.1 Å². The Kier molecular flexibility index (Phi) is 6.35. The van der Waals surface area contributed by atoms with E-state index in [2.05, 4.69) is 15.3 Å². The summed E-state index contributed by atoms with van der Waals surface area (Å²) < 4.78 is 32.7. The number of sulfonamides is 1. The highest BCUT2D eigenvalue weighted by molar-refractivity contribution is 7.89. The second-order valence-corrected chi connectivity index (χ2v) is 8.77. The Morgan fingerprint density at radius 1 is 1.29 bits per heavy atom. The second kappa shape index (κ2) is 8.74. The molecule has 0 radical (unpaired) electrons. The highest BCUT2D eigenvalue weighted by Crippen LogP contribution is 2.24. The van der Waals surface area contributed by atoms with Crippen LogP contribution in [-0.2, 0) is 19.6 Å². The van der Waals surface area contributed by atoms with Gasteiger partial charge in [-0.2, -0.15) is 4.31 Å². The Balaban J connectivity index is 1.89. The lowest BCUT2D eigenvalue weighted by Gasteiger charge is -2.21. The largest absolute Gasteiger partial charge is 0.383 e. The Morgan fingerprint density at radius 2 is 2.07 bits per heavy atom. The summed E-state index contributed by atoms with van der Waals surface area (Å²) in [5, 5.41) is 5.57. The Bertz CT molecular complexity index is 1080. The van der Waals surface area contributed by atoms with Crippen LogP contribution in [0.15, 0.2) is 46.8 Å². The molecule has 3 rings (SSSR count). The normalized spacial score (nSPS) is 11.8. The molecule has 0 spiro atoms. The predicted molar refractivity (Wildman–Crippen MR) is 108 cm³/mol. The standard InChI is InChI=1S/C18H20N4O4S2/c1-13-12-27-18(20-13)21-16(23)11-22(9-10-26-2)28(24,25)15-7-3-5-14-6-4-8-19-17(14)15/h3-8,12H,9-11H2,1-2H3,(H,20,21,23). The fraction of sp³-hybridized carbons (Fsp3) is 0.278. The molecule has 2 heterocycles. The maximum absolute atomic E-state index is 13.3. The van der Waals surface area contributed by atoms with E-state index in [9.17, 15) is 13.2 Å². The van der Waals surface area contributed by atoms with E-state index < -0.39 is 15.9 Å². The van der Waals surface area contributed by atoms with Gasteiger partial charge in [0.2, 0.25) is 15.9 Å². The second-order valence-electron chi connectivity index (χ2n) is 6.00. The number of rotatable bonds is 8. The molecule has 0 atom stereocenters. The molecular formula is C18H20N4O4S2. The first-order valence-corrected chi connectivity index (χ1v) is 10.8. The number of amides is 1. The van der Waals surface area contributed by atoms with E-state index in [1.807, 2.05) is 6.92 Å². The molecule has 0 saturated carbocycles. The molecule has 0 aliphatic heterocycles. The lowest BCUT2D eigenvalue weighted by molar-refractivity contribution is -0.116. The molecule has 1 N–H and O–H groups in total. The number of pyridine rings is 1. The van der Waals surface area contributed by atoms with Crippen molar-refractivity contribution < 1.29 is 17.9 Å². The fourth-order valence-electron chi connectivity index (χ4n) is 2.63. The molecule has 2 aromatic heterocycles. The molecule has 8 nitrogen and oxygen atoms in total. The summed E-state index contributed by atoms with van der Waals surface area (Å²) in [7, 11) is -2.49. The number of nitrogens with one attached hydrogen (secondary N) is 1. The number of carbonyl (C=O) groups is 1. The lowest BCUT2D eigenvalue weighted by Crippen LogP contribution is -2.40. The molecule has 3 aromatic rings. The fourth-order valence-corrected chi connectivity index (χ4v) is 4.88. The van der Waals surface area contributed by atoms with E-state index in [4.69, 9.17) is 4.74 Å². The molecule has 28 heavy (non-hydrogen) atoms. The third-order valence-electron chi connectivity index (χ3n) is 3.94. The van der Waals surface area contributed by atoms with Crippen LogP contribution < -0.4 is 5.32 Å². The van der Waals surface area contributed by atoms with Gasteiger partial charge in [0.05, 0.1) is 24.4 Å². The van der Waals surface area contributed by atoms with E-state index in [1.54, 1.807) is 35.8 Å². The molecule has 0 saturated heterocycles. The number of aryl methyl sites for hydroxylation is 1. The summed E-state index contributed by atoms with van der Waals surface area (Å²) >= 11 is 1.28. The van der Waals surface area contributed by atoms with Crippen molar-refractivity contribution in [3.05, 3.63) is 47.6 Å². The van der Waals surface area contributed by atoms with Gasteiger partial charge in [-0.15, -0.1) is 11.3 Å². The molecule has 0 aliphatic carbocycles. The Morgan fingerprint density at radius 3 is 2.79 bits per heavy atom. The summed E-state index contributed by atoms with van der Waals surface area (Å²) in [5.74, 6) is -0.470. The third-order valence-corrected chi connectivity index (χ3v) is 6.70. The van der Waals surface area contributed by atoms with Crippen molar-refractivity contribution in [3.63, 3.8) is 0 Å². The highest BCUT2D eigenvalue weighted by Gasteiger charge is 2.28. The molecule has 0 fully saturated rings. The topological polar surface area (TPSA) is 101 Å². The number of hydrogen-bond donors (Lipinski definition) is 1. The van der Waals surface area contributed by atoms with Crippen molar-refractivity contribution in [2.45, 2.75) is 11.8 Å². The maximum Gasteiger partial charge on any atom is 0.245 e. The average Bonchev–Trinajstić information content (AvgIpc) is 3.09. The summed E-state index contributed by atoms with van der Waals surface area (Å²) in [4.78, 5) is 20.9. The van der Waals surface area contributed by atoms with Crippen LogP contribution in [0.3, 0.4) is 0 Å². The Hall–Kier alpha value is -2.40. The molecule has 0 aliphatic rings. The molecule has 148 valence electrons. The zero-order chi connectivity index (χ0) is 20.1. The average molecular weight is 421 g/mol. The minimum absolute atomic E-state index is 0.0341. The molecule has 0 unspecified atom stereocenters. The molecule has 0 bridgehead atoms. The number of anilines is 1. The van der Waals surface area contributed by atoms with Gasteiger partial charge < -0.3 is 10.1 Å². The first kappa shape index (κ1) is 20.3. The number of benzene rings is 1. The van der Waals surface area contributed by atoms with Gasteiger partial charge in [0.25, 0.3) is 0 Å². The minimum atomic E-state index is -3.97. The van der Waals surface area contributed by atoms with Gasteiger partial charge in [-0.25, -0.2) is 13.4 Å². The number of aromatic nitrogens is 2. The van der Waals surface area contributed by atoms with E-state index in [0.29, 0.717) is 16.0 Å². The summed E-state index contributed by atoms with van der Waals surface area (Å²) in [6.45, 7) is 1.65. The van der Waals surface area contributed by atoms with E-state index >= 15 is 0 Å². The van der Waals surface area contributed by atoms with Crippen LogP contribution in [0.25, 0.3) is 10.9 Å². The number of methoxy groups -OCH3 is 1. The van der Waals surface area contributed by atoms with Crippen molar-refractivity contribution in [2.24, 2.45) is 0 Å². The monoisotopic (exact) mass is 420 g/mol. The van der Waals surface area contributed by atoms with Gasteiger partial charge in [0.1, 0.15) is 4.90 Å². The van der Waals surface area contributed by atoms with Crippen LogP contribution in [0.1, 0.15) is 5.69 Å². The number of hydrogen-bond acceptors (Lipinski definition) is 7. The van der Waals surface area contributed by atoms with E-state index in [1.165, 1.54) is 24.5 Å². The smallest absolute Gasteiger partial charge is 0.245 e. The lowest BCUT2D eigenvalue weighted by atomic mass is 10.2. The van der Waals surface area contributed by atoms with E-state index in [-0.39, 0.29) is 24.6 Å². The van der Waals surface area contributed by atoms with Crippen molar-refractivity contribution in [3.8, 4) is 0 Å². The third kappa shape index (κ3) is 4.53. The minimum Gasteiger partial charge on any atom is -0.383 e. The Labute approximate surface area is 167 Å². The molecular weight excluding hydrogens is 400 g/mol. The number of fused-ring (bicyclic) bond motifs is 1. The zero-order valence-corrected chi connectivity index (χ0v) is 17.1. The summed E-state index contributed by atoms with van der Waals surface area (Å²) in [6, 6.07) is 8.47. The van der Waals surface area contributed by atoms with Crippen LogP contribution in [0.5, 0.6) is 0 Å². The van der Waals surface area contributed by atoms with Crippen LogP contribution in [0, 0.1) is 6.92 Å². The van der Waals surface area contributed by atoms with Gasteiger partial charge in [-0.3, -0.25) is 9.78 Å². The summed E-state index contributed by atoms with van der Waals surface area (Å²) in [6.07, 6.45) is 1.54. The van der Waals surface area contributed by atoms with E-state index in [0.717, 1.165) is 10.00 Å². The summed E-state index contributed by atoms with van der Waals surface area (Å²) in [5.41, 5.74) is 1.15. The number of carbonyl (C=O) groups excluding carboxylic acids is 1. The number of ether oxygens (including phenoxy) is 1. The van der Waals surface area contributed by atoms with Crippen LogP contribution in [0.2, 0.25) is 0 Å². The van der Waals surface area contributed by atoms with Gasteiger partial charge in [-0.1, -0.05) is 18.2 Å². The predicted octanol–water partition coefficient (Wildman–Crippen LogP) is 2.28. The number of para-hydroxylation sites is 1. The van der Waals surface area contributed by atoms with Gasteiger partial charge in [0.15, 0.2) is 5.13 Å². The zero-order valence-electron chi connectivity index (χ0n) is 15.5. The van der Waals surface area contributed by atoms with Gasteiger partial charge in [0, 0.05) is 30.6 Å². The highest BCUT2D eigenvalue weighted by atomic mass is 32.2. The maximum atomic E-state index is 13.3. The quantitative estimate of drug-likeness (QED) is 0.600. The van der Waals surface area contributed by atoms with Crippen molar-refractivity contribution in [1.82, 2.24) is 14.3 Å². The first-order chi connectivity index (χ1) is 13.4. The van der Waals surface area contributed by atoms with Gasteiger partial charge >= 0.3 is 0 Å². The van der Waals surface area contributed by atoms with Crippen molar-refractivity contribution in [1.29, 1.82) is 0 Å². The first-order valence-electron chi connectivity index (χ1n) is 8.46. The van der Waals surface area contributed by atoms with Crippen molar-refractivity contribution >= 4 is 43.3 Å². The molecule has 1 amide bonds. The van der Waals surface area contributed by atoms with Crippen molar-refractivity contribution in [2.75, 3.05) is 32.1 Å². The number of thiazole rings is 1. The van der Waals surface area contributed by atoms with Crippen LogP contribution >= 0.6 is 11.3 Å².